The number of pyridine rings is 1. The third-order valence-electron chi connectivity index (χ3n) is 5.39. The Balaban J connectivity index is 1.57. The van der Waals surface area contributed by atoms with E-state index < -0.39 is 0 Å². The van der Waals surface area contributed by atoms with E-state index in [9.17, 15) is 9.59 Å². The minimum Gasteiger partial charge on any atom is -0.376 e. The zero-order chi connectivity index (χ0) is 19.9. The number of carbonyl (C=O) groups excluding carboxylic acids is 2. The molecular formula is C20H31N5O3. The molecule has 154 valence electrons. The fourth-order valence-electron chi connectivity index (χ4n) is 3.46. The first kappa shape index (κ1) is 20.4. The molecule has 3 heterocycles. The van der Waals surface area contributed by atoms with Crippen LogP contribution >= 0.6 is 0 Å². The number of hydrogen-bond donors (Lipinski definition) is 2. The van der Waals surface area contributed by atoms with Gasteiger partial charge < -0.3 is 25.2 Å². The second-order valence-electron chi connectivity index (χ2n) is 7.45. The predicted octanol–water partition coefficient (Wildman–Crippen LogP) is 1.62. The van der Waals surface area contributed by atoms with Crippen LogP contribution in [0, 0.1) is 0 Å². The molecule has 0 radical (unpaired) electrons. The van der Waals surface area contributed by atoms with Gasteiger partial charge in [-0.15, -0.1) is 0 Å². The molecule has 0 saturated carbocycles. The normalized spacial score (nSPS) is 20.7. The maximum Gasteiger partial charge on any atom is 0.317 e. The minimum atomic E-state index is -0.129. The molecule has 3 amide bonds. The number of ether oxygens (including phenoxy) is 1. The van der Waals surface area contributed by atoms with Crippen LogP contribution in [0.25, 0.3) is 0 Å². The van der Waals surface area contributed by atoms with Crippen LogP contribution in [0.15, 0.2) is 18.3 Å². The molecule has 2 N–H and O–H groups in total. The molecule has 8 heteroatoms. The lowest BCUT2D eigenvalue weighted by atomic mass is 10.2. The monoisotopic (exact) mass is 389 g/mol. The van der Waals surface area contributed by atoms with Crippen molar-refractivity contribution in [2.75, 3.05) is 44.2 Å². The first-order chi connectivity index (χ1) is 13.6. The van der Waals surface area contributed by atoms with E-state index in [2.05, 4.69) is 27.4 Å². The Morgan fingerprint density at radius 1 is 1.32 bits per heavy atom. The Morgan fingerprint density at radius 2 is 2.11 bits per heavy atom. The van der Waals surface area contributed by atoms with Gasteiger partial charge in [-0.3, -0.25) is 4.79 Å². The number of piperazine rings is 1. The molecule has 2 fully saturated rings. The number of hydrogen-bond acceptors (Lipinski definition) is 5. The molecule has 2 aliphatic rings. The van der Waals surface area contributed by atoms with E-state index in [0.29, 0.717) is 44.1 Å². The Labute approximate surface area is 166 Å². The van der Waals surface area contributed by atoms with Gasteiger partial charge >= 0.3 is 6.03 Å². The van der Waals surface area contributed by atoms with E-state index in [4.69, 9.17) is 4.74 Å². The van der Waals surface area contributed by atoms with Gasteiger partial charge in [0.05, 0.1) is 11.7 Å². The van der Waals surface area contributed by atoms with E-state index in [-0.39, 0.29) is 24.1 Å². The van der Waals surface area contributed by atoms with Crippen molar-refractivity contribution in [2.24, 2.45) is 0 Å². The Kier molecular flexibility index (Phi) is 7.08. The molecule has 2 saturated heterocycles. The van der Waals surface area contributed by atoms with Crippen molar-refractivity contribution in [3.05, 3.63) is 23.9 Å². The molecule has 1 aromatic rings. The number of aromatic nitrogens is 1. The van der Waals surface area contributed by atoms with E-state index in [1.165, 1.54) is 0 Å². The molecule has 0 bridgehead atoms. The predicted molar refractivity (Wildman–Crippen MR) is 108 cm³/mol. The largest absolute Gasteiger partial charge is 0.376 e. The molecule has 3 rings (SSSR count). The first-order valence-electron chi connectivity index (χ1n) is 10.2. The molecule has 0 aliphatic carbocycles. The van der Waals surface area contributed by atoms with Gasteiger partial charge in [0, 0.05) is 51.6 Å². The lowest BCUT2D eigenvalue weighted by molar-refractivity contribution is 0.0857. The van der Waals surface area contributed by atoms with Crippen molar-refractivity contribution in [1.82, 2.24) is 20.5 Å². The van der Waals surface area contributed by atoms with Crippen LogP contribution < -0.4 is 15.5 Å². The second-order valence-corrected chi connectivity index (χ2v) is 7.45. The maximum atomic E-state index is 12.7. The summed E-state index contributed by atoms with van der Waals surface area (Å²) in [5, 5.41) is 5.97. The topological polar surface area (TPSA) is 86.8 Å². The second kappa shape index (κ2) is 9.73. The number of nitrogens with zero attached hydrogens (tertiary/aromatic N) is 3. The summed E-state index contributed by atoms with van der Waals surface area (Å²) in [5.41, 5.74) is 0.568. The van der Waals surface area contributed by atoms with Gasteiger partial charge in [-0.2, -0.15) is 0 Å². The van der Waals surface area contributed by atoms with Crippen molar-refractivity contribution in [1.29, 1.82) is 0 Å². The van der Waals surface area contributed by atoms with E-state index in [0.717, 1.165) is 25.9 Å². The van der Waals surface area contributed by atoms with E-state index in [1.54, 1.807) is 18.3 Å². The summed E-state index contributed by atoms with van der Waals surface area (Å²) >= 11 is 0. The van der Waals surface area contributed by atoms with Gasteiger partial charge in [0.1, 0.15) is 5.82 Å². The quantitative estimate of drug-likeness (QED) is 0.772. The lowest BCUT2D eigenvalue weighted by Crippen LogP contribution is -2.53. The summed E-state index contributed by atoms with van der Waals surface area (Å²) in [6.45, 7) is 7.86. The van der Waals surface area contributed by atoms with Gasteiger partial charge in [-0.05, 0) is 38.3 Å². The van der Waals surface area contributed by atoms with Crippen molar-refractivity contribution < 1.29 is 14.3 Å². The van der Waals surface area contributed by atoms with Crippen LogP contribution in [0.4, 0.5) is 10.6 Å². The summed E-state index contributed by atoms with van der Waals surface area (Å²) in [6, 6.07) is 3.72. The van der Waals surface area contributed by atoms with Crippen LogP contribution in [0.5, 0.6) is 0 Å². The highest BCUT2D eigenvalue weighted by atomic mass is 16.5. The van der Waals surface area contributed by atoms with Crippen molar-refractivity contribution >= 4 is 17.8 Å². The van der Waals surface area contributed by atoms with Gasteiger partial charge in [-0.1, -0.05) is 6.92 Å². The van der Waals surface area contributed by atoms with Crippen LogP contribution in [0.1, 0.15) is 43.5 Å². The smallest absolute Gasteiger partial charge is 0.317 e. The Morgan fingerprint density at radius 3 is 2.79 bits per heavy atom. The fraction of sp³-hybridized carbons (Fsp3) is 0.650. The van der Waals surface area contributed by atoms with Crippen molar-refractivity contribution in [3.8, 4) is 0 Å². The first-order valence-corrected chi connectivity index (χ1v) is 10.2. The fourth-order valence-corrected chi connectivity index (χ4v) is 3.46. The number of amides is 3. The van der Waals surface area contributed by atoms with Gasteiger partial charge in [-0.25, -0.2) is 9.78 Å². The molecule has 2 aliphatic heterocycles. The Bertz CT molecular complexity index is 670. The zero-order valence-corrected chi connectivity index (χ0v) is 16.8. The van der Waals surface area contributed by atoms with Gasteiger partial charge in [0.2, 0.25) is 0 Å². The molecule has 0 spiro atoms. The average Bonchev–Trinajstić information content (AvgIpc) is 3.25. The van der Waals surface area contributed by atoms with E-state index >= 15 is 0 Å². The average molecular weight is 390 g/mol. The number of nitrogens with one attached hydrogen (secondary N) is 2. The standard InChI is InChI=1S/C20H31N5O3/c1-3-15(2)23-20(27)25-11-9-24(10-12-25)18-17(7-4-8-21-18)19(26)22-14-16-6-5-13-28-16/h4,7-8,15-16H,3,5-6,9-14H2,1-2H3,(H,22,26)(H,23,27)/t15-,16+/m0/s1. The third kappa shape index (κ3) is 5.13. The summed E-state index contributed by atoms with van der Waals surface area (Å²) in [5.74, 6) is 0.546. The molecular weight excluding hydrogens is 358 g/mol. The lowest BCUT2D eigenvalue weighted by Gasteiger charge is -2.36. The molecule has 0 aromatic carbocycles. The van der Waals surface area contributed by atoms with Crippen LogP contribution in [-0.2, 0) is 4.74 Å². The number of urea groups is 1. The molecule has 1 aromatic heterocycles. The molecule has 0 unspecified atom stereocenters. The van der Waals surface area contributed by atoms with Gasteiger partial charge in [0.15, 0.2) is 0 Å². The summed E-state index contributed by atoms with van der Waals surface area (Å²) in [6.07, 6.45) is 4.75. The van der Waals surface area contributed by atoms with Crippen molar-refractivity contribution in [2.45, 2.75) is 45.3 Å². The summed E-state index contributed by atoms with van der Waals surface area (Å²) < 4.78 is 5.57. The van der Waals surface area contributed by atoms with E-state index in [1.807, 2.05) is 11.8 Å². The Hall–Kier alpha value is -2.35. The summed E-state index contributed by atoms with van der Waals surface area (Å²) in [4.78, 5) is 33.3. The minimum absolute atomic E-state index is 0.0236. The molecule has 28 heavy (non-hydrogen) atoms. The van der Waals surface area contributed by atoms with Crippen LogP contribution in [0.3, 0.4) is 0 Å². The van der Waals surface area contributed by atoms with Gasteiger partial charge in [0.25, 0.3) is 5.91 Å². The zero-order valence-electron chi connectivity index (χ0n) is 16.8. The highest BCUT2D eigenvalue weighted by molar-refractivity contribution is 5.98. The molecule has 8 nitrogen and oxygen atoms in total. The van der Waals surface area contributed by atoms with Crippen LogP contribution in [0.2, 0.25) is 0 Å². The SMILES string of the molecule is CC[C@H](C)NC(=O)N1CCN(c2ncccc2C(=O)NC[C@H]2CCCO2)CC1. The highest BCUT2D eigenvalue weighted by Gasteiger charge is 2.26. The maximum absolute atomic E-state index is 12.7. The van der Waals surface area contributed by atoms with Crippen LogP contribution in [-0.4, -0.2) is 73.3 Å². The number of carbonyl (C=O) groups is 2. The number of anilines is 1. The molecule has 2 atom stereocenters. The van der Waals surface area contributed by atoms with Crippen molar-refractivity contribution in [3.63, 3.8) is 0 Å². The highest BCUT2D eigenvalue weighted by Crippen LogP contribution is 2.19. The summed E-state index contributed by atoms with van der Waals surface area (Å²) in [7, 11) is 0. The number of rotatable bonds is 6. The third-order valence-corrected chi connectivity index (χ3v) is 5.39.